The van der Waals surface area contributed by atoms with Crippen LogP contribution in [0.3, 0.4) is 0 Å². The van der Waals surface area contributed by atoms with Crippen LogP contribution < -0.4 is 25.4 Å². The van der Waals surface area contributed by atoms with E-state index < -0.39 is 18.6 Å². The van der Waals surface area contributed by atoms with Gasteiger partial charge in [-0.15, -0.1) is 0 Å². The van der Waals surface area contributed by atoms with Gasteiger partial charge in [0.15, 0.2) is 0 Å². The Bertz CT molecular complexity index is 1550. The second-order valence-electron chi connectivity index (χ2n) is 9.92. The molecular weight excluding hydrogens is 549 g/mol. The number of anilines is 3. The first kappa shape index (κ1) is 30.4. The van der Waals surface area contributed by atoms with E-state index in [9.17, 15) is 18.0 Å². The molecule has 0 aliphatic heterocycles. The van der Waals surface area contributed by atoms with E-state index >= 15 is 0 Å². The predicted molar refractivity (Wildman–Crippen MR) is 158 cm³/mol. The SMILES string of the molecule is COc1ccc(CC(F)(F)F)cc1NC(=O)Nc1ccc(Oc2cc(C)nc(NCCCN(C)C)n2)c2ccccc12. The highest BCUT2D eigenvalue weighted by Gasteiger charge is 2.28. The number of urea groups is 1. The number of alkyl halides is 3. The van der Waals surface area contributed by atoms with Crippen LogP contribution in [0.4, 0.5) is 35.3 Å². The van der Waals surface area contributed by atoms with Crippen molar-refractivity contribution in [2.75, 3.05) is 50.2 Å². The molecule has 0 atom stereocenters. The first-order valence-electron chi connectivity index (χ1n) is 13.3. The van der Waals surface area contributed by atoms with Crippen LogP contribution >= 0.6 is 0 Å². The van der Waals surface area contributed by atoms with Gasteiger partial charge in [-0.25, -0.2) is 9.78 Å². The zero-order valence-corrected chi connectivity index (χ0v) is 23.8. The van der Waals surface area contributed by atoms with Crippen LogP contribution in [-0.2, 0) is 6.42 Å². The number of amides is 2. The predicted octanol–water partition coefficient (Wildman–Crippen LogP) is 6.85. The van der Waals surface area contributed by atoms with Gasteiger partial charge in [0.05, 0.1) is 24.9 Å². The summed E-state index contributed by atoms with van der Waals surface area (Å²) in [4.78, 5) is 24.0. The zero-order valence-electron chi connectivity index (χ0n) is 23.8. The number of carbonyl (C=O) groups excluding carboxylic acids is 1. The molecular formula is C30H33F3N6O3. The highest BCUT2D eigenvalue weighted by atomic mass is 19.4. The van der Waals surface area contributed by atoms with Gasteiger partial charge >= 0.3 is 12.2 Å². The summed E-state index contributed by atoms with van der Waals surface area (Å²) in [6.45, 7) is 3.51. The van der Waals surface area contributed by atoms with Gasteiger partial charge in [0.2, 0.25) is 11.8 Å². The van der Waals surface area contributed by atoms with E-state index in [1.165, 1.54) is 25.3 Å². The molecule has 42 heavy (non-hydrogen) atoms. The van der Waals surface area contributed by atoms with Crippen molar-refractivity contribution < 1.29 is 27.4 Å². The Morgan fingerprint density at radius 2 is 1.64 bits per heavy atom. The molecule has 222 valence electrons. The van der Waals surface area contributed by atoms with Crippen LogP contribution in [0.5, 0.6) is 17.4 Å². The molecule has 0 aliphatic rings. The van der Waals surface area contributed by atoms with Gasteiger partial charge in [-0.05, 0) is 63.8 Å². The third-order valence-electron chi connectivity index (χ3n) is 6.16. The van der Waals surface area contributed by atoms with Gasteiger partial charge in [0.25, 0.3) is 0 Å². The standard InChI is InChI=1S/C30H33F3N6O3/c1-19-16-27(38-28(35-19)34-14-7-15-39(2)3)42-25-13-11-23(21-8-5-6-9-22(21)25)36-29(40)37-24-17-20(18-30(31,32)33)10-12-26(24)41-4/h5-6,8-13,16-17H,7,14-15,18H2,1-4H3,(H,34,35,38)(H2,36,37,40). The molecule has 1 aromatic heterocycles. The van der Waals surface area contributed by atoms with E-state index in [0.29, 0.717) is 35.2 Å². The Morgan fingerprint density at radius 3 is 2.36 bits per heavy atom. The normalized spacial score (nSPS) is 11.4. The zero-order chi connectivity index (χ0) is 30.3. The number of ether oxygens (including phenoxy) is 2. The minimum atomic E-state index is -4.38. The third-order valence-corrected chi connectivity index (χ3v) is 6.16. The number of carbonyl (C=O) groups is 1. The van der Waals surface area contributed by atoms with Gasteiger partial charge < -0.3 is 30.3 Å². The van der Waals surface area contributed by atoms with Crippen molar-refractivity contribution in [3.8, 4) is 17.4 Å². The number of rotatable bonds is 11. The lowest BCUT2D eigenvalue weighted by atomic mass is 10.1. The lowest BCUT2D eigenvalue weighted by Crippen LogP contribution is -2.20. The molecule has 0 unspecified atom stereocenters. The molecule has 9 nitrogen and oxygen atoms in total. The third kappa shape index (κ3) is 8.46. The molecule has 3 N–H and O–H groups in total. The van der Waals surface area contributed by atoms with Gasteiger partial charge in [0.1, 0.15) is 11.5 Å². The van der Waals surface area contributed by atoms with Crippen LogP contribution in [0.2, 0.25) is 0 Å². The van der Waals surface area contributed by atoms with Crippen molar-refractivity contribution in [1.29, 1.82) is 0 Å². The number of nitrogens with zero attached hydrogens (tertiary/aromatic N) is 3. The molecule has 0 spiro atoms. The van der Waals surface area contributed by atoms with E-state index in [4.69, 9.17) is 9.47 Å². The molecule has 0 saturated carbocycles. The molecule has 0 radical (unpaired) electrons. The molecule has 2 amide bonds. The van der Waals surface area contributed by atoms with Crippen LogP contribution in [0, 0.1) is 6.92 Å². The molecule has 12 heteroatoms. The van der Waals surface area contributed by atoms with E-state index in [2.05, 4.69) is 30.8 Å². The highest BCUT2D eigenvalue weighted by molar-refractivity contribution is 6.08. The number of hydrogen-bond donors (Lipinski definition) is 3. The second-order valence-corrected chi connectivity index (χ2v) is 9.92. The van der Waals surface area contributed by atoms with E-state index in [-0.39, 0.29) is 17.0 Å². The molecule has 0 aliphatic carbocycles. The number of aromatic nitrogens is 2. The maximum Gasteiger partial charge on any atom is 0.393 e. The first-order chi connectivity index (χ1) is 20.0. The van der Waals surface area contributed by atoms with Gasteiger partial charge in [0, 0.05) is 29.1 Å². The number of aryl methyl sites for hydroxylation is 1. The van der Waals surface area contributed by atoms with Crippen molar-refractivity contribution in [1.82, 2.24) is 14.9 Å². The number of methoxy groups -OCH3 is 1. The Hall–Kier alpha value is -4.58. The van der Waals surface area contributed by atoms with E-state index in [0.717, 1.165) is 24.0 Å². The van der Waals surface area contributed by atoms with Crippen LogP contribution in [0.1, 0.15) is 17.7 Å². The molecule has 4 rings (SSSR count). The number of benzene rings is 3. The molecule has 1 heterocycles. The number of nitrogens with one attached hydrogen (secondary N) is 3. The lowest BCUT2D eigenvalue weighted by molar-refractivity contribution is -0.127. The van der Waals surface area contributed by atoms with E-state index in [1.54, 1.807) is 18.2 Å². The van der Waals surface area contributed by atoms with E-state index in [1.807, 2.05) is 45.3 Å². The molecule has 3 aromatic carbocycles. The van der Waals surface area contributed by atoms with Crippen LogP contribution in [-0.4, -0.2) is 61.4 Å². The minimum Gasteiger partial charge on any atom is -0.495 e. The van der Waals surface area contributed by atoms with Crippen molar-refractivity contribution in [2.45, 2.75) is 25.9 Å². The number of fused-ring (bicyclic) bond motifs is 1. The maximum absolute atomic E-state index is 12.9. The average Bonchev–Trinajstić information content (AvgIpc) is 2.91. The van der Waals surface area contributed by atoms with Gasteiger partial charge in [-0.3, -0.25) is 0 Å². The molecule has 4 aromatic rings. The van der Waals surface area contributed by atoms with Gasteiger partial charge in [-0.1, -0.05) is 30.3 Å². The van der Waals surface area contributed by atoms with Crippen molar-refractivity contribution in [2.24, 2.45) is 0 Å². The quantitative estimate of drug-likeness (QED) is 0.166. The summed E-state index contributed by atoms with van der Waals surface area (Å²) in [5.41, 5.74) is 1.33. The highest BCUT2D eigenvalue weighted by Crippen LogP contribution is 2.35. The Morgan fingerprint density at radius 1 is 0.929 bits per heavy atom. The summed E-state index contributed by atoms with van der Waals surface area (Å²) in [6, 6.07) is 15.8. The minimum absolute atomic E-state index is 0.00238. The Labute approximate surface area is 242 Å². The maximum atomic E-state index is 12.9. The summed E-state index contributed by atoms with van der Waals surface area (Å²) >= 11 is 0. The molecule has 0 saturated heterocycles. The first-order valence-corrected chi connectivity index (χ1v) is 13.3. The van der Waals surface area contributed by atoms with Crippen molar-refractivity contribution in [3.63, 3.8) is 0 Å². The topological polar surface area (TPSA) is 101 Å². The monoisotopic (exact) mass is 582 g/mol. The summed E-state index contributed by atoms with van der Waals surface area (Å²) < 4.78 is 50.1. The summed E-state index contributed by atoms with van der Waals surface area (Å²) in [7, 11) is 5.41. The summed E-state index contributed by atoms with van der Waals surface area (Å²) in [5, 5.41) is 10.0. The second kappa shape index (κ2) is 13.4. The fraction of sp³-hybridized carbons (Fsp3) is 0.300. The van der Waals surface area contributed by atoms with Crippen LogP contribution in [0.25, 0.3) is 10.8 Å². The Balaban J connectivity index is 1.52. The number of hydrogen-bond acceptors (Lipinski definition) is 7. The summed E-state index contributed by atoms with van der Waals surface area (Å²) in [5.74, 6) is 1.59. The summed E-state index contributed by atoms with van der Waals surface area (Å²) in [6.07, 6.45) is -4.58. The lowest BCUT2D eigenvalue weighted by Gasteiger charge is -2.16. The average molecular weight is 583 g/mol. The van der Waals surface area contributed by atoms with Crippen LogP contribution in [0.15, 0.2) is 60.7 Å². The molecule has 0 bridgehead atoms. The fourth-order valence-corrected chi connectivity index (χ4v) is 4.32. The number of halogens is 3. The largest absolute Gasteiger partial charge is 0.495 e. The Kier molecular flexibility index (Phi) is 9.68. The smallest absolute Gasteiger partial charge is 0.393 e. The van der Waals surface area contributed by atoms with Crippen molar-refractivity contribution in [3.05, 3.63) is 71.9 Å². The molecule has 0 fully saturated rings. The fourth-order valence-electron chi connectivity index (χ4n) is 4.32. The van der Waals surface area contributed by atoms with Gasteiger partial charge in [-0.2, -0.15) is 18.2 Å². The van der Waals surface area contributed by atoms with Crippen molar-refractivity contribution >= 4 is 34.1 Å².